The summed E-state index contributed by atoms with van der Waals surface area (Å²) in [6, 6.07) is 0. The van der Waals surface area contributed by atoms with Crippen molar-refractivity contribution in [3.05, 3.63) is 0 Å². The number of halogens is 2. The zero-order valence-electron chi connectivity index (χ0n) is 13.4. The molecule has 0 radical (unpaired) electrons. The second kappa shape index (κ2) is 5.57. The summed E-state index contributed by atoms with van der Waals surface area (Å²) < 4.78 is 53.0. The maximum atomic E-state index is 12.9. The van der Waals surface area contributed by atoms with E-state index in [9.17, 15) is 23.5 Å². The summed E-state index contributed by atoms with van der Waals surface area (Å²) in [5, 5.41) is 9.69. The number of carbonyl (C=O) groups excluding carboxylic acids is 2. The highest BCUT2D eigenvalue weighted by atomic mass is 19.3. The minimum absolute atomic E-state index is 0.303. The van der Waals surface area contributed by atoms with Crippen LogP contribution in [0.5, 0.6) is 0 Å². The highest BCUT2D eigenvalue weighted by Gasteiger charge is 2.64. The van der Waals surface area contributed by atoms with E-state index in [4.69, 9.17) is 23.7 Å². The minimum atomic E-state index is -3.53. The molecule has 8 nitrogen and oxygen atoms in total. The minimum Gasteiger partial charge on any atom is -0.458 e. The van der Waals surface area contributed by atoms with Crippen LogP contribution in [0, 0.1) is 0 Å². The van der Waals surface area contributed by atoms with E-state index >= 15 is 0 Å². The van der Waals surface area contributed by atoms with Gasteiger partial charge in [-0.2, -0.15) is 8.78 Å². The van der Waals surface area contributed by atoms with Crippen LogP contribution in [0.2, 0.25) is 0 Å². The van der Waals surface area contributed by atoms with Crippen molar-refractivity contribution >= 4 is 11.9 Å². The maximum absolute atomic E-state index is 12.9. The van der Waals surface area contributed by atoms with Crippen LogP contribution < -0.4 is 0 Å². The lowest BCUT2D eigenvalue weighted by atomic mass is 9.91. The number of hydrogen-bond acceptors (Lipinski definition) is 8. The molecule has 0 aromatic carbocycles. The fourth-order valence-corrected chi connectivity index (χ4v) is 3.72. The van der Waals surface area contributed by atoms with E-state index in [2.05, 4.69) is 0 Å². The first-order chi connectivity index (χ1) is 11.7. The lowest BCUT2D eigenvalue weighted by Gasteiger charge is -2.36. The molecule has 0 bridgehead atoms. The number of aliphatic hydroxyl groups excluding tert-OH is 1. The third-order valence-electron chi connectivity index (χ3n) is 5.02. The van der Waals surface area contributed by atoms with Crippen LogP contribution in [-0.4, -0.2) is 65.6 Å². The van der Waals surface area contributed by atoms with E-state index in [0.717, 1.165) is 0 Å². The molecule has 140 valence electrons. The summed E-state index contributed by atoms with van der Waals surface area (Å²) in [5.74, 6) is -6.81. The van der Waals surface area contributed by atoms with Crippen molar-refractivity contribution in [3.63, 3.8) is 0 Å². The van der Waals surface area contributed by atoms with Gasteiger partial charge in [-0.25, -0.2) is 9.59 Å². The quantitative estimate of drug-likeness (QED) is 0.696. The van der Waals surface area contributed by atoms with Gasteiger partial charge >= 0.3 is 17.9 Å². The Hall–Kier alpha value is -1.36. The predicted molar refractivity (Wildman–Crippen MR) is 72.2 cm³/mol. The van der Waals surface area contributed by atoms with E-state index in [1.54, 1.807) is 0 Å². The topological polar surface area (TPSA) is 101 Å². The fraction of sp³-hybridized carbons (Fsp3) is 0.867. The first kappa shape index (κ1) is 17.1. The lowest BCUT2D eigenvalue weighted by molar-refractivity contribution is -0.253. The Balaban J connectivity index is 1.35. The van der Waals surface area contributed by atoms with Crippen LogP contribution >= 0.6 is 0 Å². The molecule has 4 rings (SSSR count). The second-order valence-electron chi connectivity index (χ2n) is 6.92. The third-order valence-corrected chi connectivity index (χ3v) is 5.02. The largest absolute Gasteiger partial charge is 0.458 e. The van der Waals surface area contributed by atoms with Crippen LogP contribution in [-0.2, 0) is 33.3 Å². The van der Waals surface area contributed by atoms with Gasteiger partial charge in [0.25, 0.3) is 0 Å². The molecule has 1 aliphatic carbocycles. The summed E-state index contributed by atoms with van der Waals surface area (Å²) in [5.41, 5.74) is 0. The van der Waals surface area contributed by atoms with E-state index in [1.165, 1.54) is 0 Å². The van der Waals surface area contributed by atoms with Crippen molar-refractivity contribution < 1.29 is 47.2 Å². The molecule has 5 unspecified atom stereocenters. The molecule has 3 saturated heterocycles. The van der Waals surface area contributed by atoms with E-state index in [0.29, 0.717) is 32.6 Å². The summed E-state index contributed by atoms with van der Waals surface area (Å²) in [6.45, 7) is 0.495. The van der Waals surface area contributed by atoms with Gasteiger partial charge in [0, 0.05) is 19.8 Å². The summed E-state index contributed by atoms with van der Waals surface area (Å²) in [4.78, 5) is 22.7. The average molecular weight is 364 g/mol. The zero-order chi connectivity index (χ0) is 18.0. The maximum Gasteiger partial charge on any atom is 0.376 e. The SMILES string of the molecule is CC(F)(F)C(=O)OC1CCC2(CC1)OC1OC3C(O)C(=O)OC3C1O2. The number of esters is 2. The first-order valence-corrected chi connectivity index (χ1v) is 8.17. The van der Waals surface area contributed by atoms with Crippen molar-refractivity contribution in [2.75, 3.05) is 0 Å². The van der Waals surface area contributed by atoms with Crippen LogP contribution in [0.3, 0.4) is 0 Å². The van der Waals surface area contributed by atoms with Crippen molar-refractivity contribution in [2.24, 2.45) is 0 Å². The normalized spacial score (nSPS) is 46.0. The number of fused-ring (bicyclic) bond motifs is 3. The molecule has 0 amide bonds. The molecule has 4 aliphatic rings. The molecule has 1 spiro atoms. The Kier molecular flexibility index (Phi) is 3.80. The van der Waals surface area contributed by atoms with Gasteiger partial charge in [0.05, 0.1) is 0 Å². The molecule has 1 saturated carbocycles. The molecule has 3 aliphatic heterocycles. The molecule has 1 N–H and O–H groups in total. The Morgan fingerprint density at radius 1 is 1.24 bits per heavy atom. The monoisotopic (exact) mass is 364 g/mol. The molecular formula is C15H18F2O8. The van der Waals surface area contributed by atoms with Gasteiger partial charge in [0.15, 0.2) is 30.4 Å². The zero-order valence-corrected chi connectivity index (χ0v) is 13.4. The molecule has 5 atom stereocenters. The average Bonchev–Trinajstić information content (AvgIpc) is 3.12. The van der Waals surface area contributed by atoms with Gasteiger partial charge in [-0.15, -0.1) is 0 Å². The van der Waals surface area contributed by atoms with E-state index in [-0.39, 0.29) is 0 Å². The molecule has 0 aromatic heterocycles. The Bertz CT molecular complexity index is 583. The number of ether oxygens (including phenoxy) is 5. The molecule has 25 heavy (non-hydrogen) atoms. The Morgan fingerprint density at radius 2 is 1.92 bits per heavy atom. The van der Waals surface area contributed by atoms with Gasteiger partial charge in [-0.3, -0.25) is 0 Å². The highest BCUT2D eigenvalue weighted by molar-refractivity contribution is 5.78. The summed E-state index contributed by atoms with van der Waals surface area (Å²) in [6.07, 6.45) is -3.70. The van der Waals surface area contributed by atoms with Crippen molar-refractivity contribution in [2.45, 2.75) is 81.1 Å². The fourth-order valence-electron chi connectivity index (χ4n) is 3.72. The van der Waals surface area contributed by atoms with Crippen molar-refractivity contribution in [1.29, 1.82) is 0 Å². The van der Waals surface area contributed by atoms with Gasteiger partial charge in [-0.05, 0) is 12.8 Å². The Labute approximate surface area is 141 Å². The number of aliphatic hydroxyl groups is 1. The number of hydrogen-bond donors (Lipinski definition) is 1. The smallest absolute Gasteiger partial charge is 0.376 e. The van der Waals surface area contributed by atoms with Gasteiger partial charge in [0.2, 0.25) is 0 Å². The predicted octanol–water partition coefficient (Wildman–Crippen LogP) is 0.250. The summed E-state index contributed by atoms with van der Waals surface area (Å²) >= 11 is 0. The van der Waals surface area contributed by atoms with Crippen LogP contribution in [0.4, 0.5) is 8.78 Å². The van der Waals surface area contributed by atoms with Crippen molar-refractivity contribution in [1.82, 2.24) is 0 Å². The third kappa shape index (κ3) is 2.80. The highest BCUT2D eigenvalue weighted by Crippen LogP contribution is 2.48. The number of carbonyl (C=O) groups is 2. The van der Waals surface area contributed by atoms with Gasteiger partial charge in [0.1, 0.15) is 12.2 Å². The van der Waals surface area contributed by atoms with E-state index in [1.807, 2.05) is 0 Å². The molecule has 10 heteroatoms. The summed E-state index contributed by atoms with van der Waals surface area (Å²) in [7, 11) is 0. The first-order valence-electron chi connectivity index (χ1n) is 8.17. The van der Waals surface area contributed by atoms with Crippen molar-refractivity contribution in [3.8, 4) is 0 Å². The second-order valence-corrected chi connectivity index (χ2v) is 6.92. The Morgan fingerprint density at radius 3 is 2.56 bits per heavy atom. The van der Waals surface area contributed by atoms with Gasteiger partial charge in [-0.1, -0.05) is 0 Å². The molecular weight excluding hydrogens is 346 g/mol. The van der Waals surface area contributed by atoms with E-state index < -0.39 is 60.5 Å². The van der Waals surface area contributed by atoms with Crippen LogP contribution in [0.25, 0.3) is 0 Å². The number of alkyl halides is 2. The lowest BCUT2D eigenvalue weighted by Crippen LogP contribution is -2.43. The van der Waals surface area contributed by atoms with Crippen LogP contribution in [0.15, 0.2) is 0 Å². The molecule has 4 fully saturated rings. The number of rotatable bonds is 2. The molecule has 3 heterocycles. The van der Waals surface area contributed by atoms with Gasteiger partial charge < -0.3 is 28.8 Å². The van der Waals surface area contributed by atoms with Crippen LogP contribution in [0.1, 0.15) is 32.6 Å². The molecule has 0 aromatic rings. The standard InChI is InChI=1S/C15H18F2O8/c1-14(16,17)13(20)21-6-2-4-15(5-3-6)24-10-9-8(23-12(10)25-15)7(18)11(19)22-9/h6-10,12,18H,2-5H2,1H3.